The second-order valence-corrected chi connectivity index (χ2v) is 9.52. The third-order valence-corrected chi connectivity index (χ3v) is 6.89. The smallest absolute Gasteiger partial charge is 0.254 e. The van der Waals surface area contributed by atoms with Crippen LogP contribution in [0.4, 0.5) is 5.69 Å². The molecule has 0 atom stereocenters. The highest BCUT2D eigenvalue weighted by Gasteiger charge is 2.26. The molecule has 32 heavy (non-hydrogen) atoms. The summed E-state index contributed by atoms with van der Waals surface area (Å²) >= 11 is 1.63. The number of amides is 1. The Morgan fingerprint density at radius 2 is 1.88 bits per heavy atom. The van der Waals surface area contributed by atoms with E-state index in [1.54, 1.807) is 17.5 Å². The Morgan fingerprint density at radius 1 is 1.06 bits per heavy atom. The topological polar surface area (TPSA) is 54.3 Å². The van der Waals surface area contributed by atoms with Crippen LogP contribution in [-0.2, 0) is 0 Å². The van der Waals surface area contributed by atoms with Gasteiger partial charge in [-0.2, -0.15) is 5.10 Å². The van der Waals surface area contributed by atoms with Gasteiger partial charge in [0.1, 0.15) is 0 Å². The number of rotatable bonds is 4. The number of carbonyl (C=O) groups is 1. The Bertz CT molecular complexity index is 1250. The quantitative estimate of drug-likeness (QED) is 0.443. The molecule has 1 aliphatic heterocycles. The average molecular weight is 446 g/mol. The highest BCUT2D eigenvalue weighted by molar-refractivity contribution is 7.13. The van der Waals surface area contributed by atoms with Gasteiger partial charge in [0.05, 0.1) is 27.7 Å². The number of hydrogen-bond acceptors (Lipinski definition) is 5. The largest absolute Gasteiger partial charge is 0.368 e. The van der Waals surface area contributed by atoms with Crippen LogP contribution in [0.25, 0.3) is 21.6 Å². The van der Waals surface area contributed by atoms with E-state index in [4.69, 9.17) is 4.98 Å². The van der Waals surface area contributed by atoms with Crippen molar-refractivity contribution in [3.05, 3.63) is 65.2 Å². The molecule has 1 fully saturated rings. The van der Waals surface area contributed by atoms with Crippen molar-refractivity contribution in [2.45, 2.75) is 26.8 Å². The van der Waals surface area contributed by atoms with Gasteiger partial charge in [-0.1, -0.05) is 18.2 Å². The summed E-state index contributed by atoms with van der Waals surface area (Å²) in [5.41, 5.74) is 4.77. The zero-order valence-electron chi connectivity index (χ0n) is 18.7. The number of aromatic nitrogens is 3. The summed E-state index contributed by atoms with van der Waals surface area (Å²) in [5.74, 6) is 0.0578. The van der Waals surface area contributed by atoms with Crippen LogP contribution in [0, 0.1) is 6.92 Å². The van der Waals surface area contributed by atoms with Crippen LogP contribution in [0.5, 0.6) is 0 Å². The molecule has 4 aromatic rings. The highest BCUT2D eigenvalue weighted by Crippen LogP contribution is 2.30. The predicted molar refractivity (Wildman–Crippen MR) is 131 cm³/mol. The molecule has 0 N–H and O–H groups in total. The van der Waals surface area contributed by atoms with Crippen molar-refractivity contribution in [3.63, 3.8) is 0 Å². The summed E-state index contributed by atoms with van der Waals surface area (Å²) in [7, 11) is 0. The molecule has 0 radical (unpaired) electrons. The van der Waals surface area contributed by atoms with Gasteiger partial charge in [0, 0.05) is 37.9 Å². The SMILES string of the molecule is Cc1cccc(N2CCN(C(=O)c3cc(-c4cccs4)nc4c3cnn4C(C)C)CC2)c1. The number of aryl methyl sites for hydroxylation is 1. The number of thiophene rings is 1. The van der Waals surface area contributed by atoms with Gasteiger partial charge >= 0.3 is 0 Å². The summed E-state index contributed by atoms with van der Waals surface area (Å²) in [4.78, 5) is 23.9. The van der Waals surface area contributed by atoms with Gasteiger partial charge in [-0.15, -0.1) is 11.3 Å². The lowest BCUT2D eigenvalue weighted by Gasteiger charge is -2.36. The van der Waals surface area contributed by atoms with E-state index >= 15 is 0 Å². The van der Waals surface area contributed by atoms with Gasteiger partial charge in [0.25, 0.3) is 5.91 Å². The van der Waals surface area contributed by atoms with Gasteiger partial charge in [-0.3, -0.25) is 4.79 Å². The van der Waals surface area contributed by atoms with Crippen LogP contribution in [0.2, 0.25) is 0 Å². The van der Waals surface area contributed by atoms with Gasteiger partial charge < -0.3 is 9.80 Å². The average Bonchev–Trinajstić information content (AvgIpc) is 3.48. The number of anilines is 1. The fourth-order valence-electron chi connectivity index (χ4n) is 4.29. The van der Waals surface area contributed by atoms with E-state index in [1.807, 2.05) is 33.2 Å². The molecule has 0 aliphatic carbocycles. The van der Waals surface area contributed by atoms with Gasteiger partial charge in [-0.05, 0) is 56.0 Å². The normalized spacial score (nSPS) is 14.5. The summed E-state index contributed by atoms with van der Waals surface area (Å²) in [6, 6.07) is 14.7. The first-order valence-corrected chi connectivity index (χ1v) is 11.9. The van der Waals surface area contributed by atoms with Crippen LogP contribution in [0.1, 0.15) is 35.8 Å². The van der Waals surface area contributed by atoms with Crippen LogP contribution in [-0.4, -0.2) is 51.8 Å². The standard InChI is InChI=1S/C25H27N5OS/c1-17(2)30-24-21(16-26-30)20(15-22(27-24)23-8-5-13-32-23)25(31)29-11-9-28(10-12-29)19-7-4-6-18(3)14-19/h4-8,13-17H,9-12H2,1-3H3. The predicted octanol–water partition coefficient (Wildman–Crippen LogP) is 5.01. The van der Waals surface area contributed by atoms with E-state index < -0.39 is 0 Å². The fraction of sp³-hybridized carbons (Fsp3) is 0.320. The molecule has 6 nitrogen and oxygen atoms in total. The van der Waals surface area contributed by atoms with Crippen LogP contribution >= 0.6 is 11.3 Å². The third-order valence-electron chi connectivity index (χ3n) is 5.99. The van der Waals surface area contributed by atoms with E-state index in [1.165, 1.54) is 11.3 Å². The fourth-order valence-corrected chi connectivity index (χ4v) is 4.97. The lowest BCUT2D eigenvalue weighted by molar-refractivity contribution is 0.0748. The summed E-state index contributed by atoms with van der Waals surface area (Å²) in [5, 5.41) is 7.40. The van der Waals surface area contributed by atoms with E-state index in [9.17, 15) is 4.79 Å². The molecule has 0 spiro atoms. The van der Waals surface area contributed by atoms with E-state index in [-0.39, 0.29) is 11.9 Å². The number of benzene rings is 1. The Labute approximate surface area is 192 Å². The minimum Gasteiger partial charge on any atom is -0.368 e. The Balaban J connectivity index is 1.46. The highest BCUT2D eigenvalue weighted by atomic mass is 32.1. The molecule has 1 aliphatic rings. The van der Waals surface area contributed by atoms with Crippen molar-refractivity contribution in [2.75, 3.05) is 31.1 Å². The number of piperazine rings is 1. The first kappa shape index (κ1) is 20.7. The molecule has 7 heteroatoms. The lowest BCUT2D eigenvalue weighted by Crippen LogP contribution is -2.48. The Morgan fingerprint density at radius 3 is 2.56 bits per heavy atom. The van der Waals surface area contributed by atoms with Crippen molar-refractivity contribution in [1.29, 1.82) is 0 Å². The number of carbonyl (C=O) groups excluding carboxylic acids is 1. The second kappa shape index (κ2) is 8.39. The molecule has 3 aromatic heterocycles. The molecular formula is C25H27N5OS. The molecular weight excluding hydrogens is 418 g/mol. The van der Waals surface area contributed by atoms with Crippen molar-refractivity contribution in [2.24, 2.45) is 0 Å². The minimum atomic E-state index is 0.0578. The number of nitrogens with zero attached hydrogens (tertiary/aromatic N) is 5. The maximum absolute atomic E-state index is 13.7. The summed E-state index contributed by atoms with van der Waals surface area (Å²) in [6.45, 7) is 9.32. The van der Waals surface area contributed by atoms with Crippen molar-refractivity contribution < 1.29 is 4.79 Å². The van der Waals surface area contributed by atoms with Crippen LogP contribution in [0.15, 0.2) is 54.0 Å². The van der Waals surface area contributed by atoms with Gasteiger partial charge in [0.2, 0.25) is 0 Å². The van der Waals surface area contributed by atoms with E-state index in [2.05, 4.69) is 55.0 Å². The first-order valence-electron chi connectivity index (χ1n) is 11.0. The first-order chi connectivity index (χ1) is 15.5. The van der Waals surface area contributed by atoms with E-state index in [0.29, 0.717) is 18.7 Å². The summed E-state index contributed by atoms with van der Waals surface area (Å²) < 4.78 is 1.90. The molecule has 1 saturated heterocycles. The monoisotopic (exact) mass is 445 g/mol. The Hall–Kier alpha value is -3.19. The maximum atomic E-state index is 13.7. The molecule has 4 heterocycles. The van der Waals surface area contributed by atoms with Gasteiger partial charge in [-0.25, -0.2) is 9.67 Å². The molecule has 1 aromatic carbocycles. The lowest BCUT2D eigenvalue weighted by atomic mass is 10.1. The number of hydrogen-bond donors (Lipinski definition) is 0. The molecule has 1 amide bonds. The number of pyridine rings is 1. The van der Waals surface area contributed by atoms with Crippen LogP contribution in [0.3, 0.4) is 0 Å². The van der Waals surface area contributed by atoms with Crippen LogP contribution < -0.4 is 4.90 Å². The van der Waals surface area contributed by atoms with Crippen molar-refractivity contribution >= 4 is 34.0 Å². The third kappa shape index (κ3) is 3.77. The Kier molecular flexibility index (Phi) is 5.43. The van der Waals surface area contributed by atoms with Crippen molar-refractivity contribution in [3.8, 4) is 10.6 Å². The molecule has 164 valence electrons. The zero-order valence-corrected chi connectivity index (χ0v) is 19.5. The van der Waals surface area contributed by atoms with Crippen molar-refractivity contribution in [1.82, 2.24) is 19.7 Å². The molecule has 0 unspecified atom stereocenters. The van der Waals surface area contributed by atoms with Gasteiger partial charge in [0.15, 0.2) is 5.65 Å². The van der Waals surface area contributed by atoms with E-state index in [0.717, 1.165) is 34.7 Å². The zero-order chi connectivity index (χ0) is 22.2. The molecule has 0 bridgehead atoms. The minimum absolute atomic E-state index is 0.0578. The summed E-state index contributed by atoms with van der Waals surface area (Å²) in [6.07, 6.45) is 1.79. The molecule has 0 saturated carbocycles. The second-order valence-electron chi connectivity index (χ2n) is 8.57. The maximum Gasteiger partial charge on any atom is 0.254 e. The molecule has 5 rings (SSSR count). The number of fused-ring (bicyclic) bond motifs is 1.